The number of nitrogens with zero attached hydrogens (tertiary/aromatic N) is 2. The Morgan fingerprint density at radius 1 is 1.52 bits per heavy atom. The van der Waals surface area contributed by atoms with Crippen molar-refractivity contribution in [1.29, 1.82) is 0 Å². The lowest BCUT2D eigenvalue weighted by atomic mass is 10.2. The van der Waals surface area contributed by atoms with Gasteiger partial charge in [-0.3, -0.25) is 4.68 Å². The molecule has 2 rings (SSSR count). The maximum absolute atomic E-state index is 13.6. The molecule has 1 heterocycles. The molecule has 1 aromatic carbocycles. The van der Waals surface area contributed by atoms with Gasteiger partial charge >= 0.3 is 6.03 Å². The summed E-state index contributed by atoms with van der Waals surface area (Å²) in [6, 6.07) is 3.78. The minimum atomic E-state index is -0.442. The number of aromatic nitrogens is 2. The van der Waals surface area contributed by atoms with Crippen LogP contribution in [0.4, 0.5) is 9.18 Å². The van der Waals surface area contributed by atoms with Gasteiger partial charge in [0.1, 0.15) is 5.82 Å². The topological polar surface area (TPSA) is 59.0 Å². The molecule has 1 aromatic heterocycles. The lowest BCUT2D eigenvalue weighted by Crippen LogP contribution is -2.36. The van der Waals surface area contributed by atoms with Crippen molar-refractivity contribution in [3.63, 3.8) is 0 Å². The molecule has 112 valence electrons. The van der Waals surface area contributed by atoms with E-state index in [1.807, 2.05) is 13.1 Å². The first kappa shape index (κ1) is 15.3. The van der Waals surface area contributed by atoms with Crippen molar-refractivity contribution < 1.29 is 9.18 Å². The molecule has 0 saturated heterocycles. The zero-order valence-corrected chi connectivity index (χ0v) is 12.5. The highest BCUT2D eigenvalue weighted by Crippen LogP contribution is 2.14. The van der Waals surface area contributed by atoms with Crippen LogP contribution in [0.5, 0.6) is 0 Å². The lowest BCUT2D eigenvalue weighted by Gasteiger charge is -2.13. The van der Waals surface area contributed by atoms with Gasteiger partial charge in [0.2, 0.25) is 0 Å². The van der Waals surface area contributed by atoms with Crippen molar-refractivity contribution in [2.24, 2.45) is 7.05 Å². The van der Waals surface area contributed by atoms with E-state index < -0.39 is 5.82 Å². The standard InChI is InChI=1S/C14H16ClFN4O/c1-9(11-7-18-20(2)8-11)19-14(21)17-6-10-3-4-12(15)5-13(10)16/h3-5,7-9H,6H2,1-2H3,(H2,17,19,21). The molecule has 0 aliphatic carbocycles. The molecule has 0 aliphatic heterocycles. The second-order valence-electron chi connectivity index (χ2n) is 4.73. The molecule has 0 bridgehead atoms. The van der Waals surface area contributed by atoms with Crippen molar-refractivity contribution in [2.75, 3.05) is 0 Å². The van der Waals surface area contributed by atoms with Crippen molar-refractivity contribution in [2.45, 2.75) is 19.5 Å². The summed E-state index contributed by atoms with van der Waals surface area (Å²) in [7, 11) is 1.81. The van der Waals surface area contributed by atoms with E-state index in [1.54, 1.807) is 30.1 Å². The smallest absolute Gasteiger partial charge is 0.315 e. The quantitative estimate of drug-likeness (QED) is 0.912. The SMILES string of the molecule is CC(NC(=O)NCc1ccc(Cl)cc1F)c1cnn(C)c1. The number of hydrogen-bond donors (Lipinski definition) is 2. The van der Waals surface area contributed by atoms with Crippen LogP contribution in [-0.4, -0.2) is 15.8 Å². The summed E-state index contributed by atoms with van der Waals surface area (Å²) in [5, 5.41) is 9.73. The minimum absolute atomic E-state index is 0.0919. The molecule has 21 heavy (non-hydrogen) atoms. The van der Waals surface area contributed by atoms with Gasteiger partial charge < -0.3 is 10.6 Å². The fourth-order valence-electron chi connectivity index (χ4n) is 1.84. The highest BCUT2D eigenvalue weighted by Gasteiger charge is 2.11. The summed E-state index contributed by atoms with van der Waals surface area (Å²) in [6.07, 6.45) is 3.51. The van der Waals surface area contributed by atoms with Crippen LogP contribution in [0.15, 0.2) is 30.6 Å². The number of urea groups is 1. The normalized spacial score (nSPS) is 12.0. The van der Waals surface area contributed by atoms with Crippen LogP contribution >= 0.6 is 11.6 Å². The predicted octanol–water partition coefficient (Wildman–Crippen LogP) is 2.77. The van der Waals surface area contributed by atoms with Crippen LogP contribution in [0.1, 0.15) is 24.1 Å². The van der Waals surface area contributed by atoms with E-state index in [1.165, 1.54) is 6.07 Å². The molecule has 0 aliphatic rings. The highest BCUT2D eigenvalue weighted by atomic mass is 35.5. The Balaban J connectivity index is 1.87. The van der Waals surface area contributed by atoms with Crippen LogP contribution in [-0.2, 0) is 13.6 Å². The number of halogens is 2. The maximum Gasteiger partial charge on any atom is 0.315 e. The molecule has 2 aromatic rings. The summed E-state index contributed by atoms with van der Waals surface area (Å²) >= 11 is 5.67. The van der Waals surface area contributed by atoms with Gasteiger partial charge in [0.15, 0.2) is 0 Å². The van der Waals surface area contributed by atoms with Crippen molar-refractivity contribution in [3.05, 3.63) is 52.6 Å². The zero-order valence-electron chi connectivity index (χ0n) is 11.7. The Kier molecular flexibility index (Phi) is 4.80. The fraction of sp³-hybridized carbons (Fsp3) is 0.286. The summed E-state index contributed by atoms with van der Waals surface area (Å²) in [4.78, 5) is 11.8. The first-order chi connectivity index (χ1) is 9.95. The van der Waals surface area contributed by atoms with Gasteiger partial charge in [0.05, 0.1) is 12.2 Å². The summed E-state index contributed by atoms with van der Waals surface area (Å²) < 4.78 is 15.2. The van der Waals surface area contributed by atoms with Crippen LogP contribution in [0.3, 0.4) is 0 Å². The minimum Gasteiger partial charge on any atom is -0.334 e. The fourth-order valence-corrected chi connectivity index (χ4v) is 1.99. The Labute approximate surface area is 127 Å². The average Bonchev–Trinajstić information content (AvgIpc) is 2.84. The molecule has 5 nitrogen and oxygen atoms in total. The Morgan fingerprint density at radius 3 is 2.90 bits per heavy atom. The largest absolute Gasteiger partial charge is 0.334 e. The van der Waals surface area contributed by atoms with Gasteiger partial charge in [-0.1, -0.05) is 17.7 Å². The number of carbonyl (C=O) groups is 1. The Bertz CT molecular complexity index is 644. The molecule has 0 radical (unpaired) electrons. The van der Waals surface area contributed by atoms with Gasteiger partial charge in [0, 0.05) is 35.9 Å². The van der Waals surface area contributed by atoms with E-state index in [0.717, 1.165) is 5.56 Å². The third-order valence-corrected chi connectivity index (χ3v) is 3.26. The lowest BCUT2D eigenvalue weighted by molar-refractivity contribution is 0.237. The van der Waals surface area contributed by atoms with Crippen LogP contribution in [0, 0.1) is 5.82 Å². The van der Waals surface area contributed by atoms with Crippen LogP contribution in [0.2, 0.25) is 5.02 Å². The molecule has 2 N–H and O–H groups in total. The second kappa shape index (κ2) is 6.58. The number of rotatable bonds is 4. The Morgan fingerprint density at radius 2 is 2.29 bits per heavy atom. The van der Waals surface area contributed by atoms with E-state index >= 15 is 0 Å². The predicted molar refractivity (Wildman–Crippen MR) is 78.4 cm³/mol. The monoisotopic (exact) mass is 310 g/mol. The summed E-state index contributed by atoms with van der Waals surface area (Å²) in [5.74, 6) is -0.442. The van der Waals surface area contributed by atoms with Crippen molar-refractivity contribution in [3.8, 4) is 0 Å². The highest BCUT2D eigenvalue weighted by molar-refractivity contribution is 6.30. The number of aryl methyl sites for hydroxylation is 1. The molecule has 2 amide bonds. The molecule has 0 fully saturated rings. The maximum atomic E-state index is 13.6. The van der Waals surface area contributed by atoms with Gasteiger partial charge in [-0.2, -0.15) is 5.10 Å². The van der Waals surface area contributed by atoms with Gasteiger partial charge in [0.25, 0.3) is 0 Å². The third-order valence-electron chi connectivity index (χ3n) is 3.03. The van der Waals surface area contributed by atoms with E-state index in [4.69, 9.17) is 11.6 Å². The second-order valence-corrected chi connectivity index (χ2v) is 5.17. The molecular formula is C14H16ClFN4O. The van der Waals surface area contributed by atoms with E-state index in [0.29, 0.717) is 10.6 Å². The Hall–Kier alpha value is -2.08. The number of amides is 2. The number of hydrogen-bond acceptors (Lipinski definition) is 2. The van der Waals surface area contributed by atoms with E-state index in [-0.39, 0.29) is 18.6 Å². The molecule has 7 heteroatoms. The number of nitrogens with one attached hydrogen (secondary N) is 2. The van der Waals surface area contributed by atoms with Crippen LogP contribution in [0.25, 0.3) is 0 Å². The van der Waals surface area contributed by atoms with Crippen LogP contribution < -0.4 is 10.6 Å². The first-order valence-corrected chi connectivity index (χ1v) is 6.80. The summed E-state index contributed by atoms with van der Waals surface area (Å²) in [5.41, 5.74) is 1.27. The average molecular weight is 311 g/mol. The first-order valence-electron chi connectivity index (χ1n) is 6.42. The van der Waals surface area contributed by atoms with E-state index in [9.17, 15) is 9.18 Å². The van der Waals surface area contributed by atoms with Gasteiger partial charge in [-0.15, -0.1) is 0 Å². The van der Waals surface area contributed by atoms with E-state index in [2.05, 4.69) is 15.7 Å². The third kappa shape index (κ3) is 4.19. The molecular weight excluding hydrogens is 295 g/mol. The number of carbonyl (C=O) groups excluding carboxylic acids is 1. The van der Waals surface area contributed by atoms with Gasteiger partial charge in [-0.25, -0.2) is 9.18 Å². The van der Waals surface area contributed by atoms with Crippen molar-refractivity contribution in [1.82, 2.24) is 20.4 Å². The molecule has 0 saturated carbocycles. The summed E-state index contributed by atoms with van der Waals surface area (Å²) in [6.45, 7) is 1.94. The van der Waals surface area contributed by atoms with Gasteiger partial charge in [-0.05, 0) is 19.1 Å². The molecule has 0 spiro atoms. The molecule has 1 unspecified atom stereocenters. The number of benzene rings is 1. The molecule has 1 atom stereocenters. The zero-order chi connectivity index (χ0) is 15.4. The van der Waals surface area contributed by atoms with Crippen molar-refractivity contribution >= 4 is 17.6 Å².